The average Bonchev–Trinajstić information content (AvgIpc) is 2.67. The minimum atomic E-state index is -0.833. The molecule has 0 bridgehead atoms. The van der Waals surface area contributed by atoms with Crippen LogP contribution in [-0.2, 0) is 15.3 Å². The normalized spacial score (nSPS) is 17.2. The van der Waals surface area contributed by atoms with Crippen LogP contribution in [-0.4, -0.2) is 11.3 Å². The zero-order valence-corrected chi connectivity index (χ0v) is 7.64. The minimum Gasteiger partial charge on any atom is -0.453 e. The summed E-state index contributed by atoms with van der Waals surface area (Å²) in [4.78, 5) is 14.4. The molecule has 0 N–H and O–H groups in total. The monoisotopic (exact) mass is 191 g/mol. The molecule has 0 saturated heterocycles. The van der Waals surface area contributed by atoms with Gasteiger partial charge in [0.05, 0.1) is 0 Å². The molecule has 1 aliphatic rings. The highest BCUT2D eigenvalue weighted by molar-refractivity contribution is 5.71. The van der Waals surface area contributed by atoms with Crippen LogP contribution in [0.4, 0.5) is 0 Å². The van der Waals surface area contributed by atoms with Crippen molar-refractivity contribution in [1.29, 1.82) is 0 Å². The molecule has 4 heteroatoms. The smallest absolute Gasteiger partial charge is 0.274 e. The molecule has 0 spiro atoms. The van der Waals surface area contributed by atoms with Crippen LogP contribution < -0.4 is 0 Å². The predicted molar refractivity (Wildman–Crippen MR) is 48.3 cm³/mol. The third kappa shape index (κ3) is 1.35. The number of pyridine rings is 1. The van der Waals surface area contributed by atoms with Crippen molar-refractivity contribution in [3.05, 3.63) is 42.1 Å². The summed E-state index contributed by atoms with van der Waals surface area (Å²) in [5.74, 6) is -0.833. The Hall–Kier alpha value is -1.84. The number of carbonyl (C=O) groups excluding carboxylic acids is 1. The van der Waals surface area contributed by atoms with E-state index in [0.717, 1.165) is 5.56 Å². The fourth-order valence-electron chi connectivity index (χ4n) is 1.27. The van der Waals surface area contributed by atoms with Gasteiger partial charge < -0.3 is 9.47 Å². The van der Waals surface area contributed by atoms with E-state index >= 15 is 0 Å². The molecule has 1 aromatic rings. The highest BCUT2D eigenvalue weighted by Crippen LogP contribution is 2.31. The van der Waals surface area contributed by atoms with Gasteiger partial charge in [-0.2, -0.15) is 0 Å². The van der Waals surface area contributed by atoms with Crippen molar-refractivity contribution in [2.24, 2.45) is 0 Å². The molecule has 0 aromatic carbocycles. The van der Waals surface area contributed by atoms with Gasteiger partial charge in [-0.25, -0.2) is 0 Å². The quantitative estimate of drug-likeness (QED) is 0.666. The second-order valence-corrected chi connectivity index (χ2v) is 3.04. The number of hydrogen-bond acceptors (Lipinski definition) is 4. The van der Waals surface area contributed by atoms with Crippen LogP contribution in [0, 0.1) is 0 Å². The zero-order valence-electron chi connectivity index (χ0n) is 7.64. The van der Waals surface area contributed by atoms with Gasteiger partial charge in [0.25, 0.3) is 5.79 Å². The lowest BCUT2D eigenvalue weighted by atomic mass is 10.1. The Labute approximate surface area is 81.2 Å². The molecule has 0 unspecified atom stereocenters. The number of carbonyl (C=O) groups is 1. The van der Waals surface area contributed by atoms with Crippen molar-refractivity contribution in [2.75, 3.05) is 0 Å². The summed E-state index contributed by atoms with van der Waals surface area (Å²) in [6.45, 7) is 1.77. The molecule has 72 valence electrons. The van der Waals surface area contributed by atoms with Crippen LogP contribution in [0.15, 0.2) is 30.9 Å². The Kier molecular flexibility index (Phi) is 1.96. The van der Waals surface area contributed by atoms with Crippen LogP contribution in [0.3, 0.4) is 0 Å². The molecule has 4 nitrogen and oxygen atoms in total. The van der Waals surface area contributed by atoms with Gasteiger partial charge in [0.2, 0.25) is 0 Å². The summed E-state index contributed by atoms with van der Waals surface area (Å²) >= 11 is 0. The van der Waals surface area contributed by atoms with Gasteiger partial charge in [-0.1, -0.05) is 0 Å². The van der Waals surface area contributed by atoms with Crippen molar-refractivity contribution < 1.29 is 14.3 Å². The second-order valence-electron chi connectivity index (χ2n) is 3.04. The molecule has 0 aliphatic carbocycles. The Balaban J connectivity index is 2.36. The first kappa shape index (κ1) is 8.74. The SMILES string of the molecule is CC1(c2ccnc(C=O)c2)OC=CO1. The van der Waals surface area contributed by atoms with Crippen LogP contribution in [0.1, 0.15) is 23.0 Å². The maximum atomic E-state index is 10.5. The van der Waals surface area contributed by atoms with E-state index in [1.54, 1.807) is 25.3 Å². The van der Waals surface area contributed by atoms with Crippen molar-refractivity contribution in [3.63, 3.8) is 0 Å². The van der Waals surface area contributed by atoms with Gasteiger partial charge in [0.1, 0.15) is 18.2 Å². The van der Waals surface area contributed by atoms with E-state index in [0.29, 0.717) is 12.0 Å². The van der Waals surface area contributed by atoms with E-state index in [9.17, 15) is 4.79 Å². The van der Waals surface area contributed by atoms with Crippen LogP contribution in [0.2, 0.25) is 0 Å². The zero-order chi connectivity index (χ0) is 10.0. The highest BCUT2D eigenvalue weighted by atomic mass is 16.7. The first-order valence-electron chi connectivity index (χ1n) is 4.17. The summed E-state index contributed by atoms with van der Waals surface area (Å²) in [5.41, 5.74) is 1.13. The average molecular weight is 191 g/mol. The van der Waals surface area contributed by atoms with Gasteiger partial charge in [-0.15, -0.1) is 0 Å². The summed E-state index contributed by atoms with van der Waals surface area (Å²) in [7, 11) is 0. The molecule has 0 saturated carbocycles. The van der Waals surface area contributed by atoms with E-state index in [1.807, 2.05) is 0 Å². The second kappa shape index (κ2) is 3.14. The molecule has 2 rings (SSSR count). The lowest BCUT2D eigenvalue weighted by molar-refractivity contribution is -0.133. The van der Waals surface area contributed by atoms with Gasteiger partial charge >= 0.3 is 0 Å². The van der Waals surface area contributed by atoms with Crippen molar-refractivity contribution in [1.82, 2.24) is 4.98 Å². The number of aldehydes is 1. The Morgan fingerprint density at radius 1 is 1.43 bits per heavy atom. The molecule has 1 aromatic heterocycles. The number of rotatable bonds is 2. The first-order valence-corrected chi connectivity index (χ1v) is 4.17. The van der Waals surface area contributed by atoms with Crippen molar-refractivity contribution in [3.8, 4) is 0 Å². The molecular formula is C10H9NO3. The van der Waals surface area contributed by atoms with E-state index in [-0.39, 0.29) is 0 Å². The number of hydrogen-bond donors (Lipinski definition) is 0. The van der Waals surface area contributed by atoms with E-state index < -0.39 is 5.79 Å². The molecule has 14 heavy (non-hydrogen) atoms. The Morgan fingerprint density at radius 2 is 2.14 bits per heavy atom. The molecule has 0 atom stereocenters. The third-order valence-electron chi connectivity index (χ3n) is 2.07. The Bertz CT molecular complexity index is 379. The van der Waals surface area contributed by atoms with Gasteiger partial charge in [0.15, 0.2) is 6.29 Å². The lowest BCUT2D eigenvalue weighted by Crippen LogP contribution is -2.22. The van der Waals surface area contributed by atoms with Crippen LogP contribution in [0.25, 0.3) is 0 Å². The number of aromatic nitrogens is 1. The molecule has 0 fully saturated rings. The van der Waals surface area contributed by atoms with Gasteiger partial charge in [-0.3, -0.25) is 9.78 Å². The molecule has 2 heterocycles. The van der Waals surface area contributed by atoms with Gasteiger partial charge in [0, 0.05) is 18.7 Å². The molecule has 0 amide bonds. The van der Waals surface area contributed by atoms with Gasteiger partial charge in [-0.05, 0) is 12.1 Å². The fraction of sp³-hybridized carbons (Fsp3) is 0.200. The standard InChI is InChI=1S/C10H9NO3/c1-10(13-4-5-14-10)8-2-3-11-9(6-8)7-12/h2-7H,1H3. The van der Waals surface area contributed by atoms with Crippen LogP contribution >= 0.6 is 0 Å². The van der Waals surface area contributed by atoms with Crippen molar-refractivity contribution >= 4 is 6.29 Å². The summed E-state index contributed by atoms with van der Waals surface area (Å²) < 4.78 is 10.6. The third-order valence-corrected chi connectivity index (χ3v) is 2.07. The topological polar surface area (TPSA) is 48.4 Å². The maximum absolute atomic E-state index is 10.5. The van der Waals surface area contributed by atoms with E-state index in [1.165, 1.54) is 12.5 Å². The molecule has 0 radical (unpaired) electrons. The van der Waals surface area contributed by atoms with E-state index in [2.05, 4.69) is 4.98 Å². The first-order chi connectivity index (χ1) is 6.74. The highest BCUT2D eigenvalue weighted by Gasteiger charge is 2.32. The van der Waals surface area contributed by atoms with E-state index in [4.69, 9.17) is 9.47 Å². The fourth-order valence-corrected chi connectivity index (χ4v) is 1.27. The summed E-state index contributed by atoms with van der Waals surface area (Å²) in [6.07, 6.45) is 5.19. The largest absolute Gasteiger partial charge is 0.453 e. The molecule has 1 aliphatic heterocycles. The summed E-state index contributed by atoms with van der Waals surface area (Å²) in [6, 6.07) is 3.39. The minimum absolute atomic E-state index is 0.364. The van der Waals surface area contributed by atoms with Crippen molar-refractivity contribution in [2.45, 2.75) is 12.7 Å². The van der Waals surface area contributed by atoms with Crippen LogP contribution in [0.5, 0.6) is 0 Å². The summed E-state index contributed by atoms with van der Waals surface area (Å²) in [5, 5.41) is 0. The molecular weight excluding hydrogens is 182 g/mol. The predicted octanol–water partition coefficient (Wildman–Crippen LogP) is 1.58. The lowest BCUT2D eigenvalue weighted by Gasteiger charge is -2.23. The Morgan fingerprint density at radius 3 is 2.79 bits per heavy atom. The number of nitrogens with zero attached hydrogens (tertiary/aromatic N) is 1. The number of ether oxygens (including phenoxy) is 2. The maximum Gasteiger partial charge on any atom is 0.274 e.